The van der Waals surface area contributed by atoms with Crippen LogP contribution in [0.3, 0.4) is 0 Å². The Bertz CT molecular complexity index is 1610. The van der Waals surface area contributed by atoms with Crippen LogP contribution in [0.4, 0.5) is 0 Å². The molecule has 0 bridgehead atoms. The maximum Gasteiger partial charge on any atom is 0.254 e. The third-order valence-corrected chi connectivity index (χ3v) is 9.69. The van der Waals surface area contributed by atoms with E-state index in [9.17, 15) is 4.79 Å². The number of pyridine rings is 1. The van der Waals surface area contributed by atoms with E-state index in [0.717, 1.165) is 72.4 Å². The molecule has 210 valence electrons. The summed E-state index contributed by atoms with van der Waals surface area (Å²) in [5, 5.41) is 1.07. The van der Waals surface area contributed by atoms with Gasteiger partial charge < -0.3 is 29.2 Å². The Labute approximate surface area is 234 Å². The number of aryl methyl sites for hydroxylation is 1. The molecule has 1 amide bonds. The molecule has 3 atom stereocenters. The number of carbonyl (C=O) groups excluding carboxylic acids is 1. The molecule has 2 saturated heterocycles. The van der Waals surface area contributed by atoms with Crippen LogP contribution < -0.4 is 10.5 Å². The first-order valence-corrected chi connectivity index (χ1v) is 14.5. The van der Waals surface area contributed by atoms with Gasteiger partial charge in [-0.05, 0) is 74.8 Å². The van der Waals surface area contributed by atoms with Crippen molar-refractivity contribution in [3.8, 4) is 17.3 Å². The molecule has 0 radical (unpaired) electrons. The number of carbonyl (C=O) groups is 1. The van der Waals surface area contributed by atoms with E-state index in [0.29, 0.717) is 23.8 Å². The normalized spacial score (nSPS) is 28.2. The summed E-state index contributed by atoms with van der Waals surface area (Å²) in [4.78, 5) is 25.4. The number of imidazole rings is 1. The highest BCUT2D eigenvalue weighted by atomic mass is 16.5. The highest BCUT2D eigenvalue weighted by molar-refractivity contribution is 6.00. The summed E-state index contributed by atoms with van der Waals surface area (Å²) in [5.41, 5.74) is 10.6. The molecule has 4 aromatic rings. The Morgan fingerprint density at radius 1 is 1.25 bits per heavy atom. The minimum atomic E-state index is -0.0323. The lowest BCUT2D eigenvalue weighted by molar-refractivity contribution is -0.0939. The van der Waals surface area contributed by atoms with Crippen LogP contribution in [0, 0.1) is 11.8 Å². The van der Waals surface area contributed by atoms with Gasteiger partial charge in [0.1, 0.15) is 16.9 Å². The fraction of sp³-hybridized carbons (Fsp3) is 0.516. The lowest BCUT2D eigenvalue weighted by Crippen LogP contribution is -2.44. The molecular formula is C31H38N6O3. The van der Waals surface area contributed by atoms with Crippen LogP contribution in [-0.4, -0.2) is 67.9 Å². The van der Waals surface area contributed by atoms with Crippen LogP contribution in [0.25, 0.3) is 33.6 Å². The lowest BCUT2D eigenvalue weighted by Gasteiger charge is -2.44. The van der Waals surface area contributed by atoms with Gasteiger partial charge in [0.25, 0.3) is 5.91 Å². The number of fused-ring (bicyclic) bond motifs is 2. The summed E-state index contributed by atoms with van der Waals surface area (Å²) in [6, 6.07) is 9.92. The smallest absolute Gasteiger partial charge is 0.254 e. The van der Waals surface area contributed by atoms with Gasteiger partial charge in [-0.2, -0.15) is 0 Å². The molecule has 3 aliphatic rings. The average Bonchev–Trinajstić information content (AvgIpc) is 3.70. The average molecular weight is 543 g/mol. The van der Waals surface area contributed by atoms with Gasteiger partial charge in [-0.3, -0.25) is 4.79 Å². The van der Waals surface area contributed by atoms with E-state index in [2.05, 4.69) is 33.2 Å². The summed E-state index contributed by atoms with van der Waals surface area (Å²) < 4.78 is 16.5. The van der Waals surface area contributed by atoms with Crippen LogP contribution in [0.2, 0.25) is 0 Å². The largest absolute Gasteiger partial charge is 0.494 e. The molecule has 5 heterocycles. The summed E-state index contributed by atoms with van der Waals surface area (Å²) in [7, 11) is 3.70. The van der Waals surface area contributed by atoms with Crippen molar-refractivity contribution < 1.29 is 14.3 Å². The zero-order valence-corrected chi connectivity index (χ0v) is 23.8. The van der Waals surface area contributed by atoms with Crippen molar-refractivity contribution in [2.24, 2.45) is 24.6 Å². The summed E-state index contributed by atoms with van der Waals surface area (Å²) >= 11 is 0. The number of likely N-dealkylation sites (tertiary alicyclic amines) is 1. The van der Waals surface area contributed by atoms with Gasteiger partial charge in [0, 0.05) is 56.0 Å². The molecule has 9 heteroatoms. The quantitative estimate of drug-likeness (QED) is 0.402. The molecule has 3 unspecified atom stereocenters. The first-order chi connectivity index (χ1) is 19.3. The maximum absolute atomic E-state index is 13.7. The molecule has 1 saturated carbocycles. The molecule has 1 aliphatic carbocycles. The third-order valence-electron chi connectivity index (χ3n) is 9.69. The Morgan fingerprint density at radius 3 is 2.75 bits per heavy atom. The molecule has 1 spiro atoms. The molecule has 7 rings (SSSR count). The number of nitrogens with zero attached hydrogens (tertiary/aromatic N) is 5. The highest BCUT2D eigenvalue weighted by Gasteiger charge is 2.47. The molecule has 3 aromatic heterocycles. The van der Waals surface area contributed by atoms with Crippen molar-refractivity contribution in [3.05, 3.63) is 42.1 Å². The third kappa shape index (κ3) is 3.85. The Morgan fingerprint density at radius 2 is 2.08 bits per heavy atom. The first kappa shape index (κ1) is 25.5. The summed E-state index contributed by atoms with van der Waals surface area (Å²) in [6.45, 7) is 6.47. The number of rotatable bonds is 5. The van der Waals surface area contributed by atoms with Crippen LogP contribution in [0.15, 0.2) is 36.5 Å². The molecule has 40 heavy (non-hydrogen) atoms. The van der Waals surface area contributed by atoms with E-state index in [1.165, 1.54) is 0 Å². The van der Waals surface area contributed by atoms with Crippen LogP contribution in [0.5, 0.6) is 5.75 Å². The Kier molecular flexibility index (Phi) is 5.94. The van der Waals surface area contributed by atoms with Gasteiger partial charge in [-0.1, -0.05) is 6.92 Å². The number of methoxy groups -OCH3 is 1. The molecule has 2 aliphatic heterocycles. The van der Waals surface area contributed by atoms with E-state index < -0.39 is 0 Å². The molecular weight excluding hydrogens is 504 g/mol. The van der Waals surface area contributed by atoms with E-state index in [1.54, 1.807) is 7.11 Å². The SMILES string of the molecule is COc1cc(C(=O)N2CC(C)C(N)C2C)cc2nc(-c3cc4cccnc4n3C)n(CC3CC4(CCCO4)C3)c12. The Hall–Kier alpha value is -3.43. The fourth-order valence-electron chi connectivity index (χ4n) is 7.43. The Balaban J connectivity index is 1.34. The number of hydrogen-bond donors (Lipinski definition) is 1. The number of aromatic nitrogens is 4. The molecule has 9 nitrogen and oxygen atoms in total. The molecule has 3 fully saturated rings. The van der Waals surface area contributed by atoms with Gasteiger partial charge in [-0.15, -0.1) is 0 Å². The minimum Gasteiger partial charge on any atom is -0.494 e. The zero-order chi connectivity index (χ0) is 27.8. The van der Waals surface area contributed by atoms with E-state index in [1.807, 2.05) is 43.3 Å². The summed E-state index contributed by atoms with van der Waals surface area (Å²) in [5.74, 6) is 2.23. The van der Waals surface area contributed by atoms with E-state index >= 15 is 0 Å². The van der Waals surface area contributed by atoms with E-state index in [-0.39, 0.29) is 29.5 Å². The van der Waals surface area contributed by atoms with Gasteiger partial charge in [0.05, 0.1) is 23.9 Å². The van der Waals surface area contributed by atoms with Crippen molar-refractivity contribution in [2.45, 2.75) is 63.8 Å². The highest BCUT2D eigenvalue weighted by Crippen LogP contribution is 2.49. The predicted molar refractivity (Wildman–Crippen MR) is 154 cm³/mol. The number of nitrogens with two attached hydrogens (primary N) is 1. The van der Waals surface area contributed by atoms with Gasteiger partial charge in [0.2, 0.25) is 0 Å². The van der Waals surface area contributed by atoms with Gasteiger partial charge in [0.15, 0.2) is 5.82 Å². The van der Waals surface area contributed by atoms with Crippen LogP contribution >= 0.6 is 0 Å². The van der Waals surface area contributed by atoms with Crippen LogP contribution in [-0.2, 0) is 18.3 Å². The van der Waals surface area contributed by atoms with E-state index in [4.69, 9.17) is 20.2 Å². The number of hydrogen-bond acceptors (Lipinski definition) is 6. The molecule has 1 aromatic carbocycles. The van der Waals surface area contributed by atoms with Gasteiger partial charge in [-0.25, -0.2) is 9.97 Å². The van der Waals surface area contributed by atoms with Gasteiger partial charge >= 0.3 is 0 Å². The van der Waals surface area contributed by atoms with Crippen molar-refractivity contribution in [1.29, 1.82) is 0 Å². The zero-order valence-electron chi connectivity index (χ0n) is 23.8. The topological polar surface area (TPSA) is 100 Å². The monoisotopic (exact) mass is 542 g/mol. The predicted octanol–water partition coefficient (Wildman–Crippen LogP) is 4.37. The second kappa shape index (κ2) is 9.31. The minimum absolute atomic E-state index is 0.0237. The number of ether oxygens (including phenoxy) is 2. The first-order valence-electron chi connectivity index (χ1n) is 14.5. The lowest BCUT2D eigenvalue weighted by atomic mass is 9.69. The molecule has 2 N–H and O–H groups in total. The van der Waals surface area contributed by atoms with Crippen molar-refractivity contribution >= 4 is 28.0 Å². The standard InChI is InChI=1S/C31H38N6O3/c1-18-16-36(19(2)26(18)32)30(38)22-11-23-27(25(13-22)39-4)37(17-20-14-31(15-20)8-6-10-40-31)29(34-23)24-12-21-7-5-9-33-28(21)35(24)3/h5,7,9,11-13,18-20,26H,6,8,10,14-17,32H2,1-4H3. The van der Waals surface area contributed by atoms with Crippen LogP contribution in [0.1, 0.15) is 49.9 Å². The second-order valence-corrected chi connectivity index (χ2v) is 12.3. The van der Waals surface area contributed by atoms with Crippen molar-refractivity contribution in [3.63, 3.8) is 0 Å². The van der Waals surface area contributed by atoms with Crippen molar-refractivity contribution in [1.82, 2.24) is 24.0 Å². The number of amides is 1. The second-order valence-electron chi connectivity index (χ2n) is 12.3. The fourth-order valence-corrected chi connectivity index (χ4v) is 7.43. The number of benzene rings is 1. The maximum atomic E-state index is 13.7. The van der Waals surface area contributed by atoms with Crippen molar-refractivity contribution in [2.75, 3.05) is 20.3 Å². The summed E-state index contributed by atoms with van der Waals surface area (Å²) in [6.07, 6.45) is 6.25.